The molecule has 4 rings (SSSR count). The minimum Gasteiger partial charge on any atom is -0.505 e. The van der Waals surface area contributed by atoms with Crippen molar-refractivity contribution in [2.45, 2.75) is 33.3 Å². The predicted octanol–water partition coefficient (Wildman–Crippen LogP) is 4.69. The van der Waals surface area contributed by atoms with E-state index in [-0.39, 0.29) is 33.8 Å². The van der Waals surface area contributed by atoms with E-state index in [0.717, 1.165) is 16.1 Å². The van der Waals surface area contributed by atoms with Crippen molar-refractivity contribution in [3.8, 4) is 22.9 Å². The summed E-state index contributed by atoms with van der Waals surface area (Å²) in [5.74, 6) is -2.37. The number of Topliss-reactive ketones (excluding diaryl/α,β-unsaturated/α-hetero) is 1. The van der Waals surface area contributed by atoms with Crippen molar-refractivity contribution in [2.75, 3.05) is 0 Å². The molecule has 8 nitrogen and oxygen atoms in total. The Balaban J connectivity index is 2.17. The zero-order chi connectivity index (χ0) is 23.4. The van der Waals surface area contributed by atoms with Crippen LogP contribution in [0.5, 0.6) is 11.5 Å². The summed E-state index contributed by atoms with van der Waals surface area (Å²) in [5, 5.41) is 22.8. The number of benzene rings is 2. The van der Waals surface area contributed by atoms with Gasteiger partial charge in [-0.3, -0.25) is 14.2 Å². The molecule has 0 amide bonds. The van der Waals surface area contributed by atoms with E-state index in [1.807, 2.05) is 0 Å². The monoisotopic (exact) mass is 434 g/mol. The van der Waals surface area contributed by atoms with E-state index in [0.29, 0.717) is 10.9 Å². The first-order valence-corrected chi connectivity index (χ1v) is 9.96. The number of rotatable bonds is 2. The van der Waals surface area contributed by atoms with Gasteiger partial charge in [-0.15, -0.1) is 0 Å². The number of hydrogen-bond acceptors (Lipinski definition) is 6. The molecule has 2 N–H and O–H groups in total. The average Bonchev–Trinajstić information content (AvgIpc) is 3.18. The molecule has 0 aliphatic heterocycles. The summed E-state index contributed by atoms with van der Waals surface area (Å²) in [6.45, 7) is 6.21. The van der Waals surface area contributed by atoms with E-state index in [1.165, 1.54) is 0 Å². The van der Waals surface area contributed by atoms with Crippen LogP contribution in [0, 0.1) is 0 Å². The van der Waals surface area contributed by atoms with E-state index in [1.54, 1.807) is 69.3 Å². The third-order valence-electron chi connectivity index (χ3n) is 5.00. The summed E-state index contributed by atoms with van der Waals surface area (Å²) < 4.78 is 7.66. The maximum atomic E-state index is 13.2. The molecule has 0 unspecified atom stereocenters. The fraction of sp³-hybridized carbons (Fsp3) is 0.208. The van der Waals surface area contributed by atoms with Crippen molar-refractivity contribution in [1.29, 1.82) is 0 Å². The second-order valence-corrected chi connectivity index (χ2v) is 8.44. The molecule has 0 atom stereocenters. The van der Waals surface area contributed by atoms with Crippen LogP contribution >= 0.6 is 0 Å². The first-order valence-electron chi connectivity index (χ1n) is 9.96. The Kier molecular flexibility index (Phi) is 4.81. The van der Waals surface area contributed by atoms with Crippen LogP contribution < -0.4 is 0 Å². The highest BCUT2D eigenvalue weighted by Crippen LogP contribution is 2.46. The van der Waals surface area contributed by atoms with Crippen LogP contribution in [0.2, 0.25) is 0 Å². The van der Waals surface area contributed by atoms with Crippen LogP contribution in [0.25, 0.3) is 33.2 Å². The van der Waals surface area contributed by atoms with Gasteiger partial charge in [0, 0.05) is 17.7 Å². The highest BCUT2D eigenvalue weighted by molar-refractivity contribution is 6.38. The molecule has 0 aliphatic rings. The van der Waals surface area contributed by atoms with Gasteiger partial charge in [-0.2, -0.15) is 0 Å². The van der Waals surface area contributed by atoms with Crippen LogP contribution in [0.15, 0.2) is 48.5 Å². The Hall–Kier alpha value is -4.07. The summed E-state index contributed by atoms with van der Waals surface area (Å²) in [7, 11) is 0. The van der Waals surface area contributed by atoms with Crippen LogP contribution in [0.4, 0.5) is 4.79 Å². The fourth-order valence-electron chi connectivity index (χ4n) is 3.75. The molecule has 8 heteroatoms. The quantitative estimate of drug-likeness (QED) is 0.443. The first-order chi connectivity index (χ1) is 15.0. The number of fused-ring (bicyclic) bond motifs is 2. The third kappa shape index (κ3) is 3.20. The summed E-state index contributed by atoms with van der Waals surface area (Å²) in [6.07, 6.45) is -0.810. The fourth-order valence-corrected chi connectivity index (χ4v) is 3.75. The molecule has 164 valence electrons. The molecule has 2 aromatic heterocycles. The molecule has 0 saturated carbocycles. The summed E-state index contributed by atoms with van der Waals surface area (Å²) >= 11 is 0. The number of ketones is 1. The van der Waals surface area contributed by atoms with E-state index in [9.17, 15) is 24.6 Å². The lowest BCUT2D eigenvalue weighted by atomic mass is 10.2. The van der Waals surface area contributed by atoms with Gasteiger partial charge in [0.1, 0.15) is 17.0 Å². The zero-order valence-electron chi connectivity index (χ0n) is 18.0. The molecule has 4 aromatic rings. The number of carbonyl (C=O) groups is 3. The number of nitrogens with zero attached hydrogens (tertiary/aromatic N) is 2. The molecule has 0 aliphatic carbocycles. The number of carbonyl (C=O) groups excluding carboxylic acids is 3. The van der Waals surface area contributed by atoms with Crippen LogP contribution in [0.1, 0.15) is 32.5 Å². The molecular formula is C24H22N2O6. The van der Waals surface area contributed by atoms with E-state index in [2.05, 4.69) is 0 Å². The number of aromatic hydroxyl groups is 2. The second-order valence-electron chi connectivity index (χ2n) is 8.44. The van der Waals surface area contributed by atoms with Gasteiger partial charge >= 0.3 is 6.09 Å². The van der Waals surface area contributed by atoms with Crippen molar-refractivity contribution in [1.82, 2.24) is 9.13 Å². The minimum absolute atomic E-state index is 0.149. The number of para-hydroxylation sites is 2. The molecular weight excluding hydrogens is 412 g/mol. The van der Waals surface area contributed by atoms with Crippen molar-refractivity contribution in [3.05, 3.63) is 48.5 Å². The Bertz CT molecular complexity index is 1420. The Morgan fingerprint density at radius 3 is 1.69 bits per heavy atom. The SMILES string of the molecule is CC(=O)C(=O)n1c(-c2c(O)c3ccccc3n2C(=O)OC(C)(C)C)c(O)c2ccccc21. The number of ether oxygens (including phenoxy) is 1. The van der Waals surface area contributed by atoms with Gasteiger partial charge in [0.25, 0.3) is 5.91 Å². The van der Waals surface area contributed by atoms with Gasteiger partial charge in [-0.25, -0.2) is 9.36 Å². The van der Waals surface area contributed by atoms with E-state index in [4.69, 9.17) is 4.74 Å². The van der Waals surface area contributed by atoms with E-state index >= 15 is 0 Å². The summed E-state index contributed by atoms with van der Waals surface area (Å²) in [5.41, 5.74) is -0.588. The van der Waals surface area contributed by atoms with Gasteiger partial charge in [0.2, 0.25) is 5.78 Å². The molecule has 0 fully saturated rings. The van der Waals surface area contributed by atoms with Crippen LogP contribution in [0.3, 0.4) is 0 Å². The second kappa shape index (κ2) is 7.26. The highest BCUT2D eigenvalue weighted by atomic mass is 16.6. The topological polar surface area (TPSA) is 111 Å². The van der Waals surface area contributed by atoms with Gasteiger partial charge < -0.3 is 14.9 Å². The highest BCUT2D eigenvalue weighted by Gasteiger charge is 2.33. The largest absolute Gasteiger partial charge is 0.505 e. The third-order valence-corrected chi connectivity index (χ3v) is 5.00. The predicted molar refractivity (Wildman–Crippen MR) is 119 cm³/mol. The smallest absolute Gasteiger partial charge is 0.419 e. The van der Waals surface area contributed by atoms with Crippen molar-refractivity contribution in [3.63, 3.8) is 0 Å². The molecule has 0 radical (unpaired) electrons. The van der Waals surface area contributed by atoms with Crippen LogP contribution in [-0.4, -0.2) is 42.7 Å². The van der Waals surface area contributed by atoms with Gasteiger partial charge in [0.05, 0.1) is 11.0 Å². The Morgan fingerprint density at radius 1 is 0.781 bits per heavy atom. The van der Waals surface area contributed by atoms with Gasteiger partial charge in [0.15, 0.2) is 11.5 Å². The summed E-state index contributed by atoms with van der Waals surface area (Å²) in [4.78, 5) is 38.1. The molecule has 0 bridgehead atoms. The Morgan fingerprint density at radius 2 is 1.22 bits per heavy atom. The van der Waals surface area contributed by atoms with Gasteiger partial charge in [-0.05, 0) is 45.0 Å². The zero-order valence-corrected chi connectivity index (χ0v) is 18.0. The molecule has 0 spiro atoms. The summed E-state index contributed by atoms with van der Waals surface area (Å²) in [6, 6.07) is 13.0. The van der Waals surface area contributed by atoms with Crippen molar-refractivity contribution >= 4 is 39.6 Å². The molecule has 32 heavy (non-hydrogen) atoms. The normalized spacial score (nSPS) is 11.8. The Labute approximate surface area is 183 Å². The first kappa shape index (κ1) is 21.2. The van der Waals surface area contributed by atoms with Crippen LogP contribution in [-0.2, 0) is 9.53 Å². The lowest BCUT2D eigenvalue weighted by Gasteiger charge is -2.21. The lowest BCUT2D eigenvalue weighted by Crippen LogP contribution is -2.28. The van der Waals surface area contributed by atoms with E-state index < -0.39 is 23.4 Å². The average molecular weight is 434 g/mol. The van der Waals surface area contributed by atoms with Crippen molar-refractivity contribution in [2.24, 2.45) is 0 Å². The van der Waals surface area contributed by atoms with Gasteiger partial charge in [-0.1, -0.05) is 24.3 Å². The number of aromatic nitrogens is 2. The maximum Gasteiger partial charge on any atom is 0.419 e. The lowest BCUT2D eigenvalue weighted by molar-refractivity contribution is -0.113. The minimum atomic E-state index is -0.920. The number of hydrogen-bond donors (Lipinski definition) is 2. The molecule has 2 aromatic carbocycles. The molecule has 2 heterocycles. The van der Waals surface area contributed by atoms with Crippen molar-refractivity contribution < 1.29 is 29.3 Å². The standard InChI is InChI=1S/C24H22N2O6/c1-13(27)22(30)25-16-11-7-5-9-14(16)20(28)18(25)19-21(29)15-10-6-8-12-17(15)26(19)23(31)32-24(2,3)4/h5-12,28-29H,1-4H3. The maximum absolute atomic E-state index is 13.2. The molecule has 0 saturated heterocycles.